The minimum absolute atomic E-state index is 0.175. The summed E-state index contributed by atoms with van der Waals surface area (Å²) in [6.45, 7) is 6.08. The molecule has 3 heteroatoms. The molecule has 0 saturated carbocycles. The SMILES string of the molecule is C=C(C)CCC1=CCc2ccccc2C1(CSc1ccccc1)C(=O)OC. The third kappa shape index (κ3) is 4.03. The molecule has 0 amide bonds. The zero-order valence-electron chi connectivity index (χ0n) is 16.0. The Bertz CT molecular complexity index is 854. The van der Waals surface area contributed by atoms with Gasteiger partial charge in [-0.15, -0.1) is 18.3 Å². The molecule has 0 bridgehead atoms. The van der Waals surface area contributed by atoms with Crippen LogP contribution in [-0.2, 0) is 21.4 Å². The summed E-state index contributed by atoms with van der Waals surface area (Å²) < 4.78 is 5.36. The van der Waals surface area contributed by atoms with Gasteiger partial charge in [-0.3, -0.25) is 4.79 Å². The van der Waals surface area contributed by atoms with Gasteiger partial charge in [0.1, 0.15) is 5.41 Å². The first-order valence-electron chi connectivity index (χ1n) is 9.26. The molecule has 2 nitrogen and oxygen atoms in total. The van der Waals surface area contributed by atoms with Crippen LogP contribution in [0.25, 0.3) is 0 Å². The average Bonchev–Trinajstić information content (AvgIpc) is 2.70. The topological polar surface area (TPSA) is 26.3 Å². The molecule has 0 fully saturated rings. The van der Waals surface area contributed by atoms with Gasteiger partial charge in [0.05, 0.1) is 7.11 Å². The van der Waals surface area contributed by atoms with E-state index in [9.17, 15) is 4.79 Å². The molecule has 0 N–H and O–H groups in total. The van der Waals surface area contributed by atoms with E-state index in [1.807, 2.05) is 37.3 Å². The highest BCUT2D eigenvalue weighted by Crippen LogP contribution is 2.45. The van der Waals surface area contributed by atoms with Gasteiger partial charge in [0.15, 0.2) is 0 Å². The molecule has 1 aliphatic rings. The van der Waals surface area contributed by atoms with E-state index >= 15 is 0 Å². The summed E-state index contributed by atoms with van der Waals surface area (Å²) in [5.74, 6) is 0.453. The van der Waals surface area contributed by atoms with Crippen molar-refractivity contribution in [2.75, 3.05) is 12.9 Å². The number of fused-ring (bicyclic) bond motifs is 1. The maximum absolute atomic E-state index is 13.2. The van der Waals surface area contributed by atoms with Gasteiger partial charge in [-0.05, 0) is 49.4 Å². The Labute approximate surface area is 166 Å². The number of carbonyl (C=O) groups is 1. The number of rotatable bonds is 7. The number of allylic oxidation sites excluding steroid dienone is 2. The second kappa shape index (κ2) is 8.62. The molecule has 1 unspecified atom stereocenters. The molecular weight excluding hydrogens is 352 g/mol. The normalized spacial score (nSPS) is 18.4. The molecule has 0 radical (unpaired) electrons. The van der Waals surface area contributed by atoms with E-state index in [-0.39, 0.29) is 5.97 Å². The van der Waals surface area contributed by atoms with E-state index in [2.05, 4.69) is 36.9 Å². The monoisotopic (exact) mass is 378 g/mol. The Morgan fingerprint density at radius 1 is 1.15 bits per heavy atom. The van der Waals surface area contributed by atoms with Crippen molar-refractivity contribution in [2.45, 2.75) is 36.5 Å². The summed E-state index contributed by atoms with van der Waals surface area (Å²) in [5.41, 5.74) is 3.82. The molecular formula is C24H26O2S. The van der Waals surface area contributed by atoms with Crippen LogP contribution < -0.4 is 0 Å². The van der Waals surface area contributed by atoms with Crippen molar-refractivity contribution >= 4 is 17.7 Å². The van der Waals surface area contributed by atoms with Gasteiger partial charge in [0.2, 0.25) is 0 Å². The predicted octanol–water partition coefficient (Wildman–Crippen LogP) is 5.73. The Hall–Kier alpha value is -2.26. The van der Waals surface area contributed by atoms with Crippen molar-refractivity contribution in [3.05, 3.63) is 89.5 Å². The molecule has 0 heterocycles. The van der Waals surface area contributed by atoms with Crippen LogP contribution in [0.15, 0.2) is 83.3 Å². The van der Waals surface area contributed by atoms with Crippen molar-refractivity contribution in [2.24, 2.45) is 0 Å². The lowest BCUT2D eigenvalue weighted by molar-refractivity contribution is -0.145. The summed E-state index contributed by atoms with van der Waals surface area (Å²) in [4.78, 5) is 14.4. The van der Waals surface area contributed by atoms with Crippen LogP contribution in [0.3, 0.4) is 0 Å². The summed E-state index contributed by atoms with van der Waals surface area (Å²) in [7, 11) is 1.49. The van der Waals surface area contributed by atoms with Gasteiger partial charge in [-0.2, -0.15) is 0 Å². The number of carbonyl (C=O) groups excluding carboxylic acids is 1. The second-order valence-corrected chi connectivity index (χ2v) is 8.10. The maximum Gasteiger partial charge on any atom is 0.321 e. The molecule has 1 aliphatic carbocycles. The van der Waals surface area contributed by atoms with Crippen molar-refractivity contribution in [3.63, 3.8) is 0 Å². The highest BCUT2D eigenvalue weighted by molar-refractivity contribution is 7.99. The van der Waals surface area contributed by atoms with E-state index in [1.54, 1.807) is 11.8 Å². The molecule has 3 rings (SSSR count). The summed E-state index contributed by atoms with van der Waals surface area (Å²) >= 11 is 1.71. The highest BCUT2D eigenvalue weighted by Gasteiger charge is 2.47. The van der Waals surface area contributed by atoms with E-state index in [0.717, 1.165) is 40.9 Å². The number of thioether (sulfide) groups is 1. The number of esters is 1. The number of hydrogen-bond acceptors (Lipinski definition) is 3. The van der Waals surface area contributed by atoms with Crippen molar-refractivity contribution in [3.8, 4) is 0 Å². The molecule has 2 aromatic rings. The van der Waals surface area contributed by atoms with Gasteiger partial charge < -0.3 is 4.74 Å². The minimum atomic E-state index is -0.750. The number of ether oxygens (including phenoxy) is 1. The van der Waals surface area contributed by atoms with Crippen molar-refractivity contribution in [1.29, 1.82) is 0 Å². The molecule has 1 atom stereocenters. The summed E-state index contributed by atoms with van der Waals surface area (Å²) in [6.07, 6.45) is 4.79. The Balaban J connectivity index is 2.05. The fourth-order valence-electron chi connectivity index (χ4n) is 3.71. The van der Waals surface area contributed by atoms with Gasteiger partial charge in [0.25, 0.3) is 0 Å². The zero-order valence-corrected chi connectivity index (χ0v) is 16.9. The van der Waals surface area contributed by atoms with Crippen LogP contribution in [0.4, 0.5) is 0 Å². The van der Waals surface area contributed by atoms with Crippen molar-refractivity contribution in [1.82, 2.24) is 0 Å². The van der Waals surface area contributed by atoms with Crippen LogP contribution in [0, 0.1) is 0 Å². The Morgan fingerprint density at radius 3 is 2.56 bits per heavy atom. The summed E-state index contributed by atoms with van der Waals surface area (Å²) in [5, 5.41) is 0. The first-order valence-corrected chi connectivity index (χ1v) is 10.2. The van der Waals surface area contributed by atoms with Gasteiger partial charge in [0, 0.05) is 10.6 Å². The molecule has 2 aromatic carbocycles. The first kappa shape index (κ1) is 19.5. The molecule has 140 valence electrons. The minimum Gasteiger partial charge on any atom is -0.468 e. The lowest BCUT2D eigenvalue weighted by Crippen LogP contribution is -2.44. The van der Waals surface area contributed by atoms with E-state index < -0.39 is 5.41 Å². The lowest BCUT2D eigenvalue weighted by Gasteiger charge is -2.38. The van der Waals surface area contributed by atoms with Gasteiger partial charge in [-0.1, -0.05) is 59.7 Å². The maximum atomic E-state index is 13.2. The van der Waals surface area contributed by atoms with Gasteiger partial charge >= 0.3 is 5.97 Å². The largest absolute Gasteiger partial charge is 0.468 e. The van der Waals surface area contributed by atoms with E-state index in [4.69, 9.17) is 4.74 Å². The number of methoxy groups -OCH3 is 1. The predicted molar refractivity (Wildman–Crippen MR) is 113 cm³/mol. The van der Waals surface area contributed by atoms with Crippen LogP contribution >= 0.6 is 11.8 Å². The number of hydrogen-bond donors (Lipinski definition) is 0. The fourth-order valence-corrected chi connectivity index (χ4v) is 4.90. The van der Waals surface area contributed by atoms with Crippen LogP contribution in [0.2, 0.25) is 0 Å². The van der Waals surface area contributed by atoms with Crippen LogP contribution in [-0.4, -0.2) is 18.8 Å². The highest BCUT2D eigenvalue weighted by atomic mass is 32.2. The quantitative estimate of drug-likeness (QED) is 0.350. The smallest absolute Gasteiger partial charge is 0.321 e. The van der Waals surface area contributed by atoms with Gasteiger partial charge in [-0.25, -0.2) is 0 Å². The van der Waals surface area contributed by atoms with Crippen LogP contribution in [0.5, 0.6) is 0 Å². The van der Waals surface area contributed by atoms with E-state index in [0.29, 0.717) is 5.75 Å². The summed E-state index contributed by atoms with van der Waals surface area (Å²) in [6, 6.07) is 18.5. The molecule has 0 spiro atoms. The average molecular weight is 379 g/mol. The zero-order chi connectivity index (χ0) is 19.3. The standard InChI is InChI=1S/C24H26O2S/c1-18(2)13-15-20-16-14-19-9-7-8-12-22(19)24(20,23(25)26-3)17-27-21-10-5-4-6-11-21/h4-12,16H,1,13-15,17H2,2-3H3. The van der Waals surface area contributed by atoms with Crippen LogP contribution in [0.1, 0.15) is 30.9 Å². The molecule has 0 saturated heterocycles. The lowest BCUT2D eigenvalue weighted by atomic mass is 9.68. The number of benzene rings is 2. The Kier molecular flexibility index (Phi) is 6.22. The van der Waals surface area contributed by atoms with Crippen molar-refractivity contribution < 1.29 is 9.53 Å². The molecule has 0 aliphatic heterocycles. The van der Waals surface area contributed by atoms with E-state index in [1.165, 1.54) is 12.7 Å². The molecule has 0 aromatic heterocycles. The first-order chi connectivity index (χ1) is 13.1. The second-order valence-electron chi connectivity index (χ2n) is 7.05. The Morgan fingerprint density at radius 2 is 1.85 bits per heavy atom. The molecule has 27 heavy (non-hydrogen) atoms. The third-order valence-electron chi connectivity index (χ3n) is 5.15. The fraction of sp³-hybridized carbons (Fsp3) is 0.292. The third-order valence-corrected chi connectivity index (χ3v) is 6.33.